The number of fused-ring (bicyclic) bond motifs is 1. The summed E-state index contributed by atoms with van der Waals surface area (Å²) in [5, 5.41) is 4.43. The first kappa shape index (κ1) is 12.8. The van der Waals surface area contributed by atoms with Crippen LogP contribution in [0.1, 0.15) is 0 Å². The molecule has 0 aliphatic carbocycles. The van der Waals surface area contributed by atoms with Crippen LogP contribution in [-0.2, 0) is 0 Å². The molecule has 0 spiro atoms. The molecule has 3 rings (SSSR count). The average molecular weight is 305 g/mol. The van der Waals surface area contributed by atoms with Gasteiger partial charge in [0.05, 0.1) is 10.0 Å². The van der Waals surface area contributed by atoms with Gasteiger partial charge in [-0.25, -0.2) is 4.98 Å². The van der Waals surface area contributed by atoms with Gasteiger partial charge in [-0.15, -0.1) is 0 Å². The van der Waals surface area contributed by atoms with E-state index in [-0.39, 0.29) is 0 Å². The van der Waals surface area contributed by atoms with E-state index >= 15 is 0 Å². The van der Waals surface area contributed by atoms with E-state index in [1.54, 1.807) is 36.4 Å². The van der Waals surface area contributed by atoms with Gasteiger partial charge in [0.25, 0.3) is 0 Å². The molecule has 5 nitrogen and oxygen atoms in total. The molecule has 0 atom stereocenters. The Bertz CT molecular complexity index is 853. The molecular formula is C13H6Cl2N4O. The standard InChI is InChI=1S/C13H6Cl2N4O/c14-9-3-1-7(5-10(9)15)13-17-11-6-8(18-19-16)2-4-12(11)20-13/h1-6H. The van der Waals surface area contributed by atoms with Crippen LogP contribution in [-0.4, -0.2) is 4.98 Å². The Hall–Kier alpha value is -2.20. The smallest absolute Gasteiger partial charge is 0.227 e. The van der Waals surface area contributed by atoms with Crippen LogP contribution in [0.4, 0.5) is 5.69 Å². The Morgan fingerprint density at radius 1 is 1.10 bits per heavy atom. The molecule has 7 heteroatoms. The molecule has 1 aromatic heterocycles. The molecule has 0 saturated heterocycles. The van der Waals surface area contributed by atoms with Gasteiger partial charge in [-0.1, -0.05) is 28.3 Å². The lowest BCUT2D eigenvalue weighted by Gasteiger charge is -1.97. The highest BCUT2D eigenvalue weighted by Crippen LogP contribution is 2.31. The summed E-state index contributed by atoms with van der Waals surface area (Å²) in [5.41, 5.74) is 10.8. The fourth-order valence-electron chi connectivity index (χ4n) is 1.78. The molecule has 0 aliphatic rings. The SMILES string of the molecule is [N-]=[N+]=Nc1ccc2oc(-c3ccc(Cl)c(Cl)c3)nc2c1. The van der Waals surface area contributed by atoms with Crippen LogP contribution >= 0.6 is 23.2 Å². The van der Waals surface area contributed by atoms with Crippen molar-refractivity contribution < 1.29 is 4.42 Å². The second kappa shape index (κ2) is 5.06. The Kier molecular flexibility index (Phi) is 3.24. The van der Waals surface area contributed by atoms with Gasteiger partial charge in [0, 0.05) is 16.2 Å². The van der Waals surface area contributed by atoms with E-state index in [2.05, 4.69) is 15.0 Å². The number of oxazole rings is 1. The van der Waals surface area contributed by atoms with Crippen molar-refractivity contribution in [1.82, 2.24) is 4.98 Å². The number of nitrogens with zero attached hydrogens (tertiary/aromatic N) is 4. The van der Waals surface area contributed by atoms with Crippen LogP contribution in [0, 0.1) is 0 Å². The first-order chi connectivity index (χ1) is 9.67. The number of hydrogen-bond donors (Lipinski definition) is 0. The Labute approximate surface area is 123 Å². The average Bonchev–Trinajstić information content (AvgIpc) is 2.85. The summed E-state index contributed by atoms with van der Waals surface area (Å²) in [6.45, 7) is 0. The summed E-state index contributed by atoms with van der Waals surface area (Å²) in [5.74, 6) is 0.427. The van der Waals surface area contributed by atoms with E-state index in [0.29, 0.717) is 32.7 Å². The third-order valence-electron chi connectivity index (χ3n) is 2.70. The van der Waals surface area contributed by atoms with Gasteiger partial charge in [-0.3, -0.25) is 0 Å². The Morgan fingerprint density at radius 3 is 2.70 bits per heavy atom. The van der Waals surface area contributed by atoms with Gasteiger partial charge in [0.15, 0.2) is 5.58 Å². The molecule has 0 amide bonds. The van der Waals surface area contributed by atoms with Crippen molar-refractivity contribution in [2.75, 3.05) is 0 Å². The van der Waals surface area contributed by atoms with Gasteiger partial charge in [-0.2, -0.15) is 0 Å². The van der Waals surface area contributed by atoms with Crippen LogP contribution in [0.3, 0.4) is 0 Å². The topological polar surface area (TPSA) is 74.8 Å². The quantitative estimate of drug-likeness (QED) is 0.344. The number of benzene rings is 2. The van der Waals surface area contributed by atoms with E-state index in [0.717, 1.165) is 5.56 Å². The molecule has 20 heavy (non-hydrogen) atoms. The molecule has 0 radical (unpaired) electrons. The largest absolute Gasteiger partial charge is 0.436 e. The van der Waals surface area contributed by atoms with Crippen molar-refractivity contribution in [1.29, 1.82) is 0 Å². The van der Waals surface area contributed by atoms with Gasteiger partial charge in [0.2, 0.25) is 5.89 Å². The lowest BCUT2D eigenvalue weighted by atomic mass is 10.2. The van der Waals surface area contributed by atoms with Crippen LogP contribution in [0.15, 0.2) is 45.9 Å². The van der Waals surface area contributed by atoms with Crippen molar-refractivity contribution in [3.05, 3.63) is 56.9 Å². The fourth-order valence-corrected chi connectivity index (χ4v) is 2.08. The Balaban J connectivity index is 2.12. The molecule has 3 aromatic rings. The summed E-state index contributed by atoms with van der Waals surface area (Å²) >= 11 is 11.8. The van der Waals surface area contributed by atoms with Gasteiger partial charge < -0.3 is 4.42 Å². The first-order valence-corrected chi connectivity index (χ1v) is 6.34. The van der Waals surface area contributed by atoms with Crippen LogP contribution in [0.25, 0.3) is 33.0 Å². The maximum absolute atomic E-state index is 8.42. The molecule has 0 aliphatic heterocycles. The van der Waals surface area contributed by atoms with Crippen LogP contribution in [0.2, 0.25) is 10.0 Å². The monoisotopic (exact) mass is 304 g/mol. The van der Waals surface area contributed by atoms with Gasteiger partial charge in [0.1, 0.15) is 5.52 Å². The maximum atomic E-state index is 8.42. The second-order valence-electron chi connectivity index (χ2n) is 3.99. The van der Waals surface area contributed by atoms with Crippen molar-refractivity contribution in [3.63, 3.8) is 0 Å². The number of aromatic nitrogens is 1. The highest BCUT2D eigenvalue weighted by molar-refractivity contribution is 6.42. The molecule has 0 fully saturated rings. The van der Waals surface area contributed by atoms with Crippen molar-refractivity contribution >= 4 is 40.0 Å². The molecule has 1 heterocycles. The minimum atomic E-state index is 0.427. The fraction of sp³-hybridized carbons (Fsp3) is 0. The molecule has 2 aromatic carbocycles. The molecule has 98 valence electrons. The molecule has 0 N–H and O–H groups in total. The van der Waals surface area contributed by atoms with E-state index in [4.69, 9.17) is 33.2 Å². The van der Waals surface area contributed by atoms with E-state index < -0.39 is 0 Å². The number of hydrogen-bond acceptors (Lipinski definition) is 3. The minimum Gasteiger partial charge on any atom is -0.436 e. The number of azide groups is 1. The second-order valence-corrected chi connectivity index (χ2v) is 4.80. The first-order valence-electron chi connectivity index (χ1n) is 5.58. The lowest BCUT2D eigenvalue weighted by Crippen LogP contribution is -1.77. The van der Waals surface area contributed by atoms with Crippen LogP contribution < -0.4 is 0 Å². The predicted molar refractivity (Wildman–Crippen MR) is 78.3 cm³/mol. The molecule has 0 saturated carbocycles. The third kappa shape index (κ3) is 2.30. The van der Waals surface area contributed by atoms with Gasteiger partial charge in [-0.05, 0) is 41.9 Å². The van der Waals surface area contributed by atoms with E-state index in [9.17, 15) is 0 Å². The zero-order chi connectivity index (χ0) is 14.1. The number of rotatable bonds is 2. The summed E-state index contributed by atoms with van der Waals surface area (Å²) in [6, 6.07) is 10.1. The van der Waals surface area contributed by atoms with Crippen LogP contribution in [0.5, 0.6) is 0 Å². The highest BCUT2D eigenvalue weighted by Gasteiger charge is 2.10. The van der Waals surface area contributed by atoms with Crippen molar-refractivity contribution in [3.8, 4) is 11.5 Å². The summed E-state index contributed by atoms with van der Waals surface area (Å²) in [6.07, 6.45) is 0. The van der Waals surface area contributed by atoms with E-state index in [1.165, 1.54) is 0 Å². The van der Waals surface area contributed by atoms with Gasteiger partial charge >= 0.3 is 0 Å². The van der Waals surface area contributed by atoms with Crippen molar-refractivity contribution in [2.24, 2.45) is 5.11 Å². The minimum absolute atomic E-state index is 0.427. The third-order valence-corrected chi connectivity index (χ3v) is 3.44. The summed E-state index contributed by atoms with van der Waals surface area (Å²) in [7, 11) is 0. The molecule has 0 unspecified atom stereocenters. The lowest BCUT2D eigenvalue weighted by molar-refractivity contribution is 0.620. The number of halogens is 2. The summed E-state index contributed by atoms with van der Waals surface area (Å²) < 4.78 is 5.63. The van der Waals surface area contributed by atoms with E-state index in [1.807, 2.05) is 0 Å². The maximum Gasteiger partial charge on any atom is 0.227 e. The highest BCUT2D eigenvalue weighted by atomic mass is 35.5. The van der Waals surface area contributed by atoms with Crippen molar-refractivity contribution in [2.45, 2.75) is 0 Å². The zero-order valence-electron chi connectivity index (χ0n) is 9.92. The molecule has 0 bridgehead atoms. The zero-order valence-corrected chi connectivity index (χ0v) is 11.4. The molecular weight excluding hydrogens is 299 g/mol. The Morgan fingerprint density at radius 2 is 1.95 bits per heavy atom. The predicted octanol–water partition coefficient (Wildman–Crippen LogP) is 5.74. The normalized spacial score (nSPS) is 10.5. The summed E-state index contributed by atoms with van der Waals surface area (Å²) in [4.78, 5) is 7.08.